The lowest BCUT2D eigenvalue weighted by atomic mass is 9.89. The zero-order chi connectivity index (χ0) is 13.8. The minimum atomic E-state index is -0.233. The SMILES string of the molecule is CCCC(CCC)c1ccc(F)c(C(C)(C)C)n1. The lowest BCUT2D eigenvalue weighted by molar-refractivity contribution is 0.486. The van der Waals surface area contributed by atoms with Gasteiger partial charge in [-0.2, -0.15) is 0 Å². The third-order valence-electron chi connectivity index (χ3n) is 3.27. The molecule has 0 saturated carbocycles. The lowest BCUT2D eigenvalue weighted by Gasteiger charge is -2.22. The first kappa shape index (κ1) is 15.1. The van der Waals surface area contributed by atoms with Crippen LogP contribution in [0.5, 0.6) is 0 Å². The highest BCUT2D eigenvalue weighted by atomic mass is 19.1. The fraction of sp³-hybridized carbons (Fsp3) is 0.688. The molecule has 1 aromatic heterocycles. The monoisotopic (exact) mass is 251 g/mol. The first-order valence-electron chi connectivity index (χ1n) is 7.07. The third-order valence-corrected chi connectivity index (χ3v) is 3.27. The molecular formula is C16H26FN. The standard InChI is InChI=1S/C16H26FN/c1-6-8-12(9-7-2)14-11-10-13(17)15(18-14)16(3,4)5/h10-12H,6-9H2,1-5H3. The van der Waals surface area contributed by atoms with Crippen LogP contribution in [0.1, 0.15) is 77.6 Å². The number of rotatable bonds is 5. The summed E-state index contributed by atoms with van der Waals surface area (Å²) in [6.45, 7) is 10.4. The molecule has 0 N–H and O–H groups in total. The van der Waals surface area contributed by atoms with E-state index in [0.717, 1.165) is 31.4 Å². The van der Waals surface area contributed by atoms with E-state index in [-0.39, 0.29) is 11.2 Å². The van der Waals surface area contributed by atoms with Gasteiger partial charge >= 0.3 is 0 Å². The Morgan fingerprint density at radius 1 is 1.11 bits per heavy atom. The molecular weight excluding hydrogens is 225 g/mol. The summed E-state index contributed by atoms with van der Waals surface area (Å²) >= 11 is 0. The number of halogens is 1. The van der Waals surface area contributed by atoms with E-state index < -0.39 is 0 Å². The van der Waals surface area contributed by atoms with Gasteiger partial charge in [0, 0.05) is 17.0 Å². The van der Waals surface area contributed by atoms with Crippen LogP contribution in [0.3, 0.4) is 0 Å². The average molecular weight is 251 g/mol. The smallest absolute Gasteiger partial charge is 0.145 e. The van der Waals surface area contributed by atoms with E-state index >= 15 is 0 Å². The molecule has 0 bridgehead atoms. The van der Waals surface area contributed by atoms with Gasteiger partial charge < -0.3 is 0 Å². The first-order chi connectivity index (χ1) is 8.40. The van der Waals surface area contributed by atoms with Crippen LogP contribution < -0.4 is 0 Å². The summed E-state index contributed by atoms with van der Waals surface area (Å²) in [5, 5.41) is 0. The molecule has 0 saturated heterocycles. The fourth-order valence-electron chi connectivity index (χ4n) is 2.35. The van der Waals surface area contributed by atoms with Crippen LogP contribution in [0.4, 0.5) is 4.39 Å². The minimum absolute atomic E-state index is 0.182. The molecule has 1 aromatic rings. The Balaban J connectivity index is 3.09. The van der Waals surface area contributed by atoms with Crippen LogP contribution in [0.25, 0.3) is 0 Å². The maximum atomic E-state index is 13.8. The van der Waals surface area contributed by atoms with Gasteiger partial charge in [0.25, 0.3) is 0 Å². The van der Waals surface area contributed by atoms with Crippen LogP contribution >= 0.6 is 0 Å². The van der Waals surface area contributed by atoms with E-state index in [1.165, 1.54) is 0 Å². The summed E-state index contributed by atoms with van der Waals surface area (Å²) in [7, 11) is 0. The van der Waals surface area contributed by atoms with Crippen molar-refractivity contribution in [2.45, 2.75) is 71.6 Å². The van der Waals surface area contributed by atoms with E-state index in [9.17, 15) is 4.39 Å². The van der Waals surface area contributed by atoms with Gasteiger partial charge in [0.05, 0.1) is 5.69 Å². The van der Waals surface area contributed by atoms with Gasteiger partial charge in [0.1, 0.15) is 5.82 Å². The Bertz CT molecular complexity index is 373. The van der Waals surface area contributed by atoms with Crippen molar-refractivity contribution in [2.75, 3.05) is 0 Å². The van der Waals surface area contributed by atoms with Gasteiger partial charge in [0.15, 0.2) is 0 Å². The van der Waals surface area contributed by atoms with Crippen LogP contribution in [0, 0.1) is 5.82 Å². The maximum Gasteiger partial charge on any atom is 0.145 e. The predicted molar refractivity (Wildman–Crippen MR) is 75.5 cm³/mol. The second-order valence-corrected chi connectivity index (χ2v) is 6.09. The van der Waals surface area contributed by atoms with Crippen molar-refractivity contribution in [1.82, 2.24) is 4.98 Å². The molecule has 0 amide bonds. The van der Waals surface area contributed by atoms with Crippen LogP contribution in [-0.4, -0.2) is 4.98 Å². The number of hydrogen-bond acceptors (Lipinski definition) is 1. The Kier molecular flexibility index (Phi) is 5.30. The Morgan fingerprint density at radius 3 is 2.11 bits per heavy atom. The highest BCUT2D eigenvalue weighted by Gasteiger charge is 2.22. The van der Waals surface area contributed by atoms with Crippen LogP contribution in [0.2, 0.25) is 0 Å². The molecule has 0 spiro atoms. The summed E-state index contributed by atoms with van der Waals surface area (Å²) in [6.07, 6.45) is 4.56. The summed E-state index contributed by atoms with van der Waals surface area (Å²) < 4.78 is 13.8. The highest BCUT2D eigenvalue weighted by Crippen LogP contribution is 2.29. The van der Waals surface area contributed by atoms with E-state index in [2.05, 4.69) is 18.8 Å². The zero-order valence-corrected chi connectivity index (χ0v) is 12.4. The van der Waals surface area contributed by atoms with Crippen LogP contribution in [0.15, 0.2) is 12.1 Å². The van der Waals surface area contributed by atoms with E-state index in [1.54, 1.807) is 6.07 Å². The van der Waals surface area contributed by atoms with Gasteiger partial charge in [-0.3, -0.25) is 4.98 Å². The largest absolute Gasteiger partial charge is 0.254 e. The second kappa shape index (κ2) is 6.31. The quantitative estimate of drug-likeness (QED) is 0.700. The van der Waals surface area contributed by atoms with E-state index in [1.807, 2.05) is 26.8 Å². The van der Waals surface area contributed by atoms with Crippen molar-refractivity contribution in [3.63, 3.8) is 0 Å². The number of nitrogens with zero attached hydrogens (tertiary/aromatic N) is 1. The summed E-state index contributed by atoms with van der Waals surface area (Å²) in [6, 6.07) is 3.45. The van der Waals surface area contributed by atoms with Gasteiger partial charge in [-0.05, 0) is 25.0 Å². The molecule has 0 radical (unpaired) electrons. The first-order valence-corrected chi connectivity index (χ1v) is 7.07. The Hall–Kier alpha value is -0.920. The Labute approximate surface area is 111 Å². The molecule has 1 nitrogen and oxygen atoms in total. The molecule has 1 rings (SSSR count). The van der Waals surface area contributed by atoms with Gasteiger partial charge in [-0.25, -0.2) is 4.39 Å². The molecule has 0 aliphatic rings. The van der Waals surface area contributed by atoms with Crippen molar-refractivity contribution < 1.29 is 4.39 Å². The molecule has 0 atom stereocenters. The van der Waals surface area contributed by atoms with Crippen molar-refractivity contribution in [3.8, 4) is 0 Å². The van der Waals surface area contributed by atoms with Crippen molar-refractivity contribution in [1.29, 1.82) is 0 Å². The molecule has 18 heavy (non-hydrogen) atoms. The molecule has 0 aliphatic carbocycles. The average Bonchev–Trinajstić information content (AvgIpc) is 2.28. The van der Waals surface area contributed by atoms with Gasteiger partial charge in [0.2, 0.25) is 0 Å². The fourth-order valence-corrected chi connectivity index (χ4v) is 2.35. The van der Waals surface area contributed by atoms with E-state index in [0.29, 0.717) is 11.6 Å². The summed E-state index contributed by atoms with van der Waals surface area (Å²) in [4.78, 5) is 4.61. The molecule has 0 fully saturated rings. The van der Waals surface area contributed by atoms with E-state index in [4.69, 9.17) is 0 Å². The topological polar surface area (TPSA) is 12.9 Å². The molecule has 0 aliphatic heterocycles. The normalized spacial score (nSPS) is 12.2. The van der Waals surface area contributed by atoms with Gasteiger partial charge in [-0.15, -0.1) is 0 Å². The summed E-state index contributed by atoms with van der Waals surface area (Å²) in [5.41, 5.74) is 1.42. The predicted octanol–water partition coefficient (Wildman–Crippen LogP) is 5.20. The Morgan fingerprint density at radius 2 is 1.67 bits per heavy atom. The van der Waals surface area contributed by atoms with Crippen molar-refractivity contribution in [2.24, 2.45) is 0 Å². The highest BCUT2D eigenvalue weighted by molar-refractivity contribution is 5.21. The molecule has 0 unspecified atom stereocenters. The summed E-state index contributed by atoms with van der Waals surface area (Å²) in [5.74, 6) is 0.291. The molecule has 1 heterocycles. The maximum absolute atomic E-state index is 13.8. The zero-order valence-electron chi connectivity index (χ0n) is 12.4. The number of hydrogen-bond donors (Lipinski definition) is 0. The molecule has 102 valence electrons. The lowest BCUT2D eigenvalue weighted by Crippen LogP contribution is -2.18. The second-order valence-electron chi connectivity index (χ2n) is 6.09. The minimum Gasteiger partial charge on any atom is -0.254 e. The van der Waals surface area contributed by atoms with Crippen molar-refractivity contribution >= 4 is 0 Å². The molecule has 0 aromatic carbocycles. The third kappa shape index (κ3) is 3.79. The number of pyridine rings is 1. The van der Waals surface area contributed by atoms with Crippen LogP contribution in [-0.2, 0) is 5.41 Å². The molecule has 2 heteroatoms. The number of aromatic nitrogens is 1. The van der Waals surface area contributed by atoms with Crippen molar-refractivity contribution in [3.05, 3.63) is 29.3 Å². The van der Waals surface area contributed by atoms with Gasteiger partial charge in [-0.1, -0.05) is 47.5 Å².